The molecule has 3 nitrogen and oxygen atoms in total. The molecule has 2 aromatic carbocycles. The largest absolute Gasteiger partial charge is 0.389 e. The Bertz CT molecular complexity index is 1060. The van der Waals surface area contributed by atoms with Gasteiger partial charge in [-0.3, -0.25) is 4.79 Å². The Balaban J connectivity index is 1.41. The first-order valence-corrected chi connectivity index (χ1v) is 13.7. The predicted octanol–water partition coefficient (Wildman–Crippen LogP) is 5.80. The molecule has 0 heterocycles. The summed E-state index contributed by atoms with van der Waals surface area (Å²) in [6.45, 7) is 4.43. The number of benzene rings is 2. The molecule has 0 bridgehead atoms. The minimum Gasteiger partial charge on any atom is -0.389 e. The molecule has 1 amide bonds. The van der Waals surface area contributed by atoms with Crippen molar-refractivity contribution in [3.05, 3.63) is 70.3 Å². The van der Waals surface area contributed by atoms with E-state index >= 15 is 0 Å². The molecular weight excluding hydrogens is 474 g/mol. The molecule has 0 aromatic heterocycles. The lowest BCUT2D eigenvalue weighted by Crippen LogP contribution is -2.51. The van der Waals surface area contributed by atoms with Crippen molar-refractivity contribution in [3.63, 3.8) is 0 Å². The van der Waals surface area contributed by atoms with Gasteiger partial charge in [0.25, 0.3) is 0 Å². The fourth-order valence-electron chi connectivity index (χ4n) is 7.70. The van der Waals surface area contributed by atoms with E-state index in [-0.39, 0.29) is 11.3 Å². The second-order valence-corrected chi connectivity index (χ2v) is 12.0. The fraction of sp³-hybridized carbons (Fsp3) is 0.552. The van der Waals surface area contributed by atoms with Crippen molar-refractivity contribution in [3.8, 4) is 0 Å². The molecule has 4 heteroatoms. The Kier molecular flexibility index (Phi) is 5.98. The average molecular weight is 511 g/mol. The maximum absolute atomic E-state index is 11.9. The SMILES string of the molecule is CC1(O)C(Cc2cccc(C(N)=O)c2)CC2C3CCc4cc(CCBr)ccc4C3CCC21C. The van der Waals surface area contributed by atoms with E-state index in [1.54, 1.807) is 17.2 Å². The van der Waals surface area contributed by atoms with Crippen molar-refractivity contribution < 1.29 is 9.90 Å². The van der Waals surface area contributed by atoms with Crippen LogP contribution in [0.1, 0.15) is 78.1 Å². The summed E-state index contributed by atoms with van der Waals surface area (Å²) in [5, 5.41) is 12.9. The molecule has 5 rings (SSSR count). The van der Waals surface area contributed by atoms with Crippen LogP contribution in [-0.4, -0.2) is 21.9 Å². The molecule has 3 aliphatic carbocycles. The summed E-state index contributed by atoms with van der Waals surface area (Å²) < 4.78 is 0. The van der Waals surface area contributed by atoms with Crippen molar-refractivity contribution >= 4 is 21.8 Å². The monoisotopic (exact) mass is 509 g/mol. The highest BCUT2D eigenvalue weighted by Gasteiger charge is 2.63. The van der Waals surface area contributed by atoms with Gasteiger partial charge in [0.05, 0.1) is 5.60 Å². The van der Waals surface area contributed by atoms with Crippen molar-refractivity contribution in [1.29, 1.82) is 0 Å². The summed E-state index contributed by atoms with van der Waals surface area (Å²) >= 11 is 3.58. The topological polar surface area (TPSA) is 63.3 Å². The molecule has 6 atom stereocenters. The maximum Gasteiger partial charge on any atom is 0.248 e. The highest BCUT2D eigenvalue weighted by atomic mass is 79.9. The van der Waals surface area contributed by atoms with Gasteiger partial charge in [-0.2, -0.15) is 0 Å². The molecule has 0 radical (unpaired) electrons. The smallest absolute Gasteiger partial charge is 0.248 e. The molecular formula is C29H36BrNO2. The van der Waals surface area contributed by atoms with Gasteiger partial charge in [0, 0.05) is 10.9 Å². The van der Waals surface area contributed by atoms with Gasteiger partial charge >= 0.3 is 0 Å². The first-order chi connectivity index (χ1) is 15.7. The first-order valence-electron chi connectivity index (χ1n) is 12.5. The zero-order valence-electron chi connectivity index (χ0n) is 19.8. The zero-order chi connectivity index (χ0) is 23.4. The number of rotatable bonds is 5. The van der Waals surface area contributed by atoms with E-state index in [1.165, 1.54) is 18.4 Å². The second kappa shape index (κ2) is 8.53. The van der Waals surface area contributed by atoms with Crippen LogP contribution >= 0.6 is 15.9 Å². The summed E-state index contributed by atoms with van der Waals surface area (Å²) in [7, 11) is 0. The molecule has 2 saturated carbocycles. The summed E-state index contributed by atoms with van der Waals surface area (Å²) in [6, 6.07) is 14.8. The molecule has 2 aromatic rings. The standard InChI is InChI=1S/C29H36BrNO2/c1-28-12-10-24-23-8-6-18(11-13-30)14-20(23)7-9-25(24)26(28)17-22(29(28,2)33)16-19-4-3-5-21(15-19)27(31)32/h3-6,8,14-15,22,24-26,33H,7,9-13,16-17H2,1-2H3,(H2,31,32). The molecule has 0 saturated heterocycles. The molecule has 3 aliphatic rings. The van der Waals surface area contributed by atoms with Crippen molar-refractivity contribution in [2.75, 3.05) is 5.33 Å². The highest BCUT2D eigenvalue weighted by molar-refractivity contribution is 9.09. The van der Waals surface area contributed by atoms with Crippen LogP contribution < -0.4 is 5.73 Å². The normalized spacial score (nSPS) is 34.9. The van der Waals surface area contributed by atoms with Gasteiger partial charge in [0.2, 0.25) is 5.91 Å². The lowest BCUT2D eigenvalue weighted by molar-refractivity contribution is -0.108. The Hall–Kier alpha value is -1.65. The Labute approximate surface area is 206 Å². The van der Waals surface area contributed by atoms with Gasteiger partial charge in [0.15, 0.2) is 0 Å². The van der Waals surface area contributed by atoms with E-state index in [0.717, 1.165) is 43.0 Å². The van der Waals surface area contributed by atoms with E-state index in [1.807, 2.05) is 12.1 Å². The maximum atomic E-state index is 11.9. The van der Waals surface area contributed by atoms with E-state index in [9.17, 15) is 9.90 Å². The van der Waals surface area contributed by atoms with Crippen LogP contribution in [0, 0.1) is 23.2 Å². The van der Waals surface area contributed by atoms with Crippen LogP contribution in [-0.2, 0) is 19.3 Å². The third kappa shape index (κ3) is 3.78. The van der Waals surface area contributed by atoms with Crippen LogP contribution in [0.5, 0.6) is 0 Å². The number of carbonyl (C=O) groups excluding carboxylic acids is 1. The lowest BCUT2D eigenvalue weighted by atomic mass is 9.53. The lowest BCUT2D eigenvalue weighted by Gasteiger charge is -2.53. The number of aryl methyl sites for hydroxylation is 2. The molecule has 6 unspecified atom stereocenters. The number of amides is 1. The minimum absolute atomic E-state index is 0.0620. The van der Waals surface area contributed by atoms with Gasteiger partial charge in [-0.15, -0.1) is 0 Å². The van der Waals surface area contributed by atoms with Gasteiger partial charge in [-0.25, -0.2) is 0 Å². The Morgan fingerprint density at radius 3 is 2.73 bits per heavy atom. The predicted molar refractivity (Wildman–Crippen MR) is 137 cm³/mol. The number of hydrogen-bond donors (Lipinski definition) is 2. The zero-order valence-corrected chi connectivity index (χ0v) is 21.4. The average Bonchev–Trinajstić information content (AvgIpc) is 2.99. The van der Waals surface area contributed by atoms with E-state index in [4.69, 9.17) is 5.73 Å². The van der Waals surface area contributed by atoms with E-state index < -0.39 is 11.5 Å². The number of aliphatic hydroxyl groups is 1. The number of primary amides is 1. The first kappa shape index (κ1) is 23.1. The highest BCUT2D eigenvalue weighted by Crippen LogP contribution is 2.66. The van der Waals surface area contributed by atoms with Gasteiger partial charge in [0.1, 0.15) is 0 Å². The molecule has 0 aliphatic heterocycles. The molecule has 2 fully saturated rings. The van der Waals surface area contributed by atoms with Crippen molar-refractivity contribution in [1.82, 2.24) is 0 Å². The fourth-order valence-corrected chi connectivity index (χ4v) is 8.16. The van der Waals surface area contributed by atoms with Crippen LogP contribution in [0.15, 0.2) is 42.5 Å². The number of halogens is 1. The van der Waals surface area contributed by atoms with Crippen molar-refractivity contribution in [2.24, 2.45) is 28.9 Å². The van der Waals surface area contributed by atoms with Crippen molar-refractivity contribution in [2.45, 2.75) is 70.3 Å². The third-order valence-corrected chi connectivity index (χ3v) is 10.1. The Morgan fingerprint density at radius 1 is 1.15 bits per heavy atom. The number of carbonyl (C=O) groups is 1. The van der Waals surface area contributed by atoms with E-state index in [0.29, 0.717) is 23.3 Å². The summed E-state index contributed by atoms with van der Waals surface area (Å²) in [5.41, 5.74) is 11.0. The molecule has 3 N–H and O–H groups in total. The quantitative estimate of drug-likeness (QED) is 0.500. The van der Waals surface area contributed by atoms with E-state index in [2.05, 4.69) is 54.0 Å². The van der Waals surface area contributed by atoms with Crippen LogP contribution in [0.4, 0.5) is 0 Å². The molecule has 33 heavy (non-hydrogen) atoms. The molecule has 176 valence electrons. The van der Waals surface area contributed by atoms with Crippen LogP contribution in [0.25, 0.3) is 0 Å². The Morgan fingerprint density at radius 2 is 1.97 bits per heavy atom. The van der Waals surface area contributed by atoms with Crippen LogP contribution in [0.2, 0.25) is 0 Å². The number of alkyl halides is 1. The second-order valence-electron chi connectivity index (χ2n) is 11.2. The number of nitrogens with two attached hydrogens (primary N) is 1. The third-order valence-electron chi connectivity index (χ3n) is 9.75. The molecule has 0 spiro atoms. The minimum atomic E-state index is -0.717. The summed E-state index contributed by atoms with van der Waals surface area (Å²) in [5.74, 6) is 1.60. The van der Waals surface area contributed by atoms with Gasteiger partial charge < -0.3 is 10.8 Å². The van der Waals surface area contributed by atoms with Crippen LogP contribution in [0.3, 0.4) is 0 Å². The number of hydrogen-bond acceptors (Lipinski definition) is 2. The number of fused-ring (bicyclic) bond motifs is 5. The summed E-state index contributed by atoms with van der Waals surface area (Å²) in [6.07, 6.45) is 7.58. The van der Waals surface area contributed by atoms with Gasteiger partial charge in [-0.1, -0.05) is 53.2 Å². The summed E-state index contributed by atoms with van der Waals surface area (Å²) in [4.78, 5) is 11.7. The van der Waals surface area contributed by atoms with Gasteiger partial charge in [-0.05, 0) is 115 Å².